The van der Waals surface area contributed by atoms with Gasteiger partial charge in [0.25, 0.3) is 0 Å². The van der Waals surface area contributed by atoms with Crippen molar-refractivity contribution in [2.24, 2.45) is 0 Å². The van der Waals surface area contributed by atoms with E-state index < -0.39 is 0 Å². The summed E-state index contributed by atoms with van der Waals surface area (Å²) in [6.45, 7) is 1.90. The monoisotopic (exact) mass is 225 g/mol. The fourth-order valence-corrected chi connectivity index (χ4v) is 1.88. The highest BCUT2D eigenvalue weighted by Gasteiger charge is 2.06. The van der Waals surface area contributed by atoms with Crippen LogP contribution in [0.25, 0.3) is 17.0 Å². The Labute approximate surface area is 98.0 Å². The number of pyridine rings is 1. The van der Waals surface area contributed by atoms with Crippen LogP contribution in [0, 0.1) is 6.92 Å². The van der Waals surface area contributed by atoms with Crippen molar-refractivity contribution in [2.45, 2.75) is 6.92 Å². The van der Waals surface area contributed by atoms with Crippen molar-refractivity contribution < 1.29 is 0 Å². The van der Waals surface area contributed by atoms with Gasteiger partial charge >= 0.3 is 0 Å². The summed E-state index contributed by atoms with van der Waals surface area (Å²) in [5, 5.41) is 0. The van der Waals surface area contributed by atoms with Crippen molar-refractivity contribution in [2.75, 3.05) is 5.73 Å². The number of nitrogens with two attached hydrogens (primary N) is 1. The average molecular weight is 225 g/mol. The van der Waals surface area contributed by atoms with E-state index in [2.05, 4.69) is 15.0 Å². The van der Waals surface area contributed by atoms with E-state index in [1.54, 1.807) is 6.20 Å². The van der Waals surface area contributed by atoms with E-state index in [9.17, 15) is 0 Å². The Morgan fingerprint density at radius 1 is 1.24 bits per heavy atom. The molecular weight excluding hydrogens is 214 g/mol. The first-order chi connectivity index (χ1) is 8.24. The number of hydrogen-bond acceptors (Lipinski definition) is 4. The molecular formula is C12H11N5. The number of rotatable bonds is 1. The van der Waals surface area contributed by atoms with E-state index in [4.69, 9.17) is 5.73 Å². The van der Waals surface area contributed by atoms with Gasteiger partial charge in [0.15, 0.2) is 0 Å². The third-order valence-electron chi connectivity index (χ3n) is 2.56. The van der Waals surface area contributed by atoms with Crippen LogP contribution in [0.3, 0.4) is 0 Å². The van der Waals surface area contributed by atoms with Crippen LogP contribution in [-0.2, 0) is 0 Å². The molecule has 0 aliphatic carbocycles. The van der Waals surface area contributed by atoms with Gasteiger partial charge in [-0.25, -0.2) is 15.0 Å². The summed E-state index contributed by atoms with van der Waals surface area (Å²) in [6.07, 6.45) is 3.66. The zero-order valence-corrected chi connectivity index (χ0v) is 9.33. The normalized spacial score (nSPS) is 10.9. The van der Waals surface area contributed by atoms with Gasteiger partial charge in [-0.15, -0.1) is 0 Å². The molecule has 3 aromatic heterocycles. The first-order valence-corrected chi connectivity index (χ1v) is 5.28. The molecule has 2 N–H and O–H groups in total. The van der Waals surface area contributed by atoms with Gasteiger partial charge in [-0.2, -0.15) is 0 Å². The zero-order valence-electron chi connectivity index (χ0n) is 9.33. The highest BCUT2D eigenvalue weighted by molar-refractivity contribution is 5.61. The average Bonchev–Trinajstić information content (AvgIpc) is 2.75. The van der Waals surface area contributed by atoms with Crippen molar-refractivity contribution in [3.05, 3.63) is 42.4 Å². The number of aromatic nitrogens is 4. The first-order valence-electron chi connectivity index (χ1n) is 5.28. The maximum absolute atomic E-state index is 5.67. The van der Waals surface area contributed by atoms with Crippen LogP contribution in [0.1, 0.15) is 5.69 Å². The lowest BCUT2D eigenvalue weighted by atomic mass is 10.2. The summed E-state index contributed by atoms with van der Waals surface area (Å²) < 4.78 is 1.97. The molecule has 3 rings (SSSR count). The number of anilines is 1. The highest BCUT2D eigenvalue weighted by atomic mass is 15.0. The van der Waals surface area contributed by atoms with Crippen molar-refractivity contribution in [3.8, 4) is 11.4 Å². The second-order valence-corrected chi connectivity index (χ2v) is 3.82. The van der Waals surface area contributed by atoms with Crippen molar-refractivity contribution in [1.82, 2.24) is 19.4 Å². The maximum atomic E-state index is 5.67. The molecule has 0 spiro atoms. The molecule has 5 heteroatoms. The molecule has 0 saturated carbocycles. The lowest BCUT2D eigenvalue weighted by molar-refractivity contribution is 1.09. The Morgan fingerprint density at radius 2 is 2.12 bits per heavy atom. The standard InChI is InChI=1S/C12H11N5/c1-8-7-9(16-12(13)15-8)10-3-2-4-11-14-5-6-17(10)11/h2-7H,1H3,(H2,13,15,16). The lowest BCUT2D eigenvalue weighted by Crippen LogP contribution is -2.00. The number of fused-ring (bicyclic) bond motifs is 1. The number of aryl methyl sites for hydroxylation is 1. The van der Waals surface area contributed by atoms with Crippen molar-refractivity contribution >= 4 is 11.6 Å². The van der Waals surface area contributed by atoms with Gasteiger partial charge < -0.3 is 5.73 Å². The van der Waals surface area contributed by atoms with Crippen LogP contribution < -0.4 is 5.73 Å². The summed E-state index contributed by atoms with van der Waals surface area (Å²) in [6, 6.07) is 7.78. The Bertz CT molecular complexity index is 666. The zero-order chi connectivity index (χ0) is 11.8. The molecule has 0 amide bonds. The van der Waals surface area contributed by atoms with Gasteiger partial charge in [0.1, 0.15) is 5.65 Å². The van der Waals surface area contributed by atoms with Gasteiger partial charge in [0.2, 0.25) is 5.95 Å². The van der Waals surface area contributed by atoms with Crippen molar-refractivity contribution in [3.63, 3.8) is 0 Å². The molecule has 0 aliphatic rings. The Hall–Kier alpha value is -2.43. The molecule has 0 fully saturated rings. The molecule has 0 aromatic carbocycles. The first kappa shape index (κ1) is 9.77. The quantitative estimate of drug-likeness (QED) is 0.684. The second kappa shape index (κ2) is 3.55. The maximum Gasteiger partial charge on any atom is 0.220 e. The summed E-state index contributed by atoms with van der Waals surface area (Å²) in [4.78, 5) is 12.6. The van der Waals surface area contributed by atoms with E-state index in [1.807, 2.05) is 41.8 Å². The fraction of sp³-hybridized carbons (Fsp3) is 0.0833. The highest BCUT2D eigenvalue weighted by Crippen LogP contribution is 2.19. The number of imidazole rings is 1. The van der Waals surface area contributed by atoms with Crippen LogP contribution in [0.5, 0.6) is 0 Å². The predicted octanol–water partition coefficient (Wildman–Crippen LogP) is 1.68. The molecule has 0 aliphatic heterocycles. The molecule has 0 unspecified atom stereocenters. The van der Waals surface area contributed by atoms with Crippen LogP contribution in [0.4, 0.5) is 5.95 Å². The minimum absolute atomic E-state index is 0.289. The molecule has 0 radical (unpaired) electrons. The lowest BCUT2D eigenvalue weighted by Gasteiger charge is -2.06. The molecule has 17 heavy (non-hydrogen) atoms. The Morgan fingerprint density at radius 3 is 2.94 bits per heavy atom. The van der Waals surface area contributed by atoms with Crippen LogP contribution in [-0.4, -0.2) is 19.4 Å². The van der Waals surface area contributed by atoms with Crippen LogP contribution >= 0.6 is 0 Å². The third-order valence-corrected chi connectivity index (χ3v) is 2.56. The largest absolute Gasteiger partial charge is 0.368 e. The third kappa shape index (κ3) is 1.61. The molecule has 3 aromatic rings. The van der Waals surface area contributed by atoms with Crippen LogP contribution in [0.2, 0.25) is 0 Å². The number of nitrogens with zero attached hydrogens (tertiary/aromatic N) is 4. The summed E-state index contributed by atoms with van der Waals surface area (Å²) >= 11 is 0. The SMILES string of the molecule is Cc1cc(-c2cccc3nccn23)nc(N)n1. The van der Waals surface area contributed by atoms with Crippen molar-refractivity contribution in [1.29, 1.82) is 0 Å². The minimum Gasteiger partial charge on any atom is -0.368 e. The molecule has 0 bridgehead atoms. The van der Waals surface area contributed by atoms with Gasteiger partial charge in [-0.3, -0.25) is 4.40 Å². The summed E-state index contributed by atoms with van der Waals surface area (Å²) in [7, 11) is 0. The van der Waals surface area contributed by atoms with Crippen LogP contribution in [0.15, 0.2) is 36.7 Å². The molecule has 0 atom stereocenters. The van der Waals surface area contributed by atoms with E-state index in [0.717, 1.165) is 22.7 Å². The Kier molecular flexibility index (Phi) is 2.04. The summed E-state index contributed by atoms with van der Waals surface area (Å²) in [5.74, 6) is 0.289. The van der Waals surface area contributed by atoms with Gasteiger partial charge in [0, 0.05) is 18.1 Å². The van der Waals surface area contributed by atoms with E-state index in [-0.39, 0.29) is 5.95 Å². The fourth-order valence-electron chi connectivity index (χ4n) is 1.88. The minimum atomic E-state index is 0.289. The molecule has 3 heterocycles. The number of hydrogen-bond donors (Lipinski definition) is 1. The van der Waals surface area contributed by atoms with E-state index in [0.29, 0.717) is 0 Å². The van der Waals surface area contributed by atoms with Gasteiger partial charge in [0.05, 0.1) is 11.4 Å². The topological polar surface area (TPSA) is 69.1 Å². The molecule has 0 saturated heterocycles. The predicted molar refractivity (Wildman–Crippen MR) is 65.4 cm³/mol. The summed E-state index contributed by atoms with van der Waals surface area (Å²) in [5.41, 5.74) is 9.17. The number of nitrogen functional groups attached to an aromatic ring is 1. The smallest absolute Gasteiger partial charge is 0.220 e. The van der Waals surface area contributed by atoms with E-state index >= 15 is 0 Å². The molecule has 84 valence electrons. The molecule has 5 nitrogen and oxygen atoms in total. The van der Waals surface area contributed by atoms with E-state index in [1.165, 1.54) is 0 Å². The second-order valence-electron chi connectivity index (χ2n) is 3.82. The van der Waals surface area contributed by atoms with Gasteiger partial charge in [-0.05, 0) is 25.1 Å². The van der Waals surface area contributed by atoms with Gasteiger partial charge in [-0.1, -0.05) is 6.07 Å². The Balaban J connectivity index is 2.30.